The van der Waals surface area contributed by atoms with Crippen molar-refractivity contribution in [2.75, 3.05) is 35.2 Å². The Kier molecular flexibility index (Phi) is 8.91. The number of amides is 1. The summed E-state index contributed by atoms with van der Waals surface area (Å²) in [5, 5.41) is 9.94. The molecule has 1 aromatic carbocycles. The second kappa shape index (κ2) is 12.8. The van der Waals surface area contributed by atoms with Crippen LogP contribution in [0.1, 0.15) is 51.1 Å². The van der Waals surface area contributed by atoms with E-state index >= 15 is 0 Å². The van der Waals surface area contributed by atoms with Crippen LogP contribution in [0, 0.1) is 0 Å². The molecule has 3 heterocycles. The van der Waals surface area contributed by atoms with E-state index in [1.54, 1.807) is 25.3 Å². The van der Waals surface area contributed by atoms with Crippen LogP contribution in [-0.2, 0) is 10.9 Å². The summed E-state index contributed by atoms with van der Waals surface area (Å²) in [6.45, 7) is 3.39. The Bertz CT molecular complexity index is 1300. The zero-order chi connectivity index (χ0) is 28.8. The average Bonchev–Trinajstić information content (AvgIpc) is 3.43. The summed E-state index contributed by atoms with van der Waals surface area (Å²) in [5.41, 5.74) is 0.374. The number of alkyl halides is 3. The molecule has 1 amide bonds. The summed E-state index contributed by atoms with van der Waals surface area (Å²) < 4.78 is 49.6. The smallest absolute Gasteiger partial charge is 0.434 e. The number of nitrogens with one attached hydrogen (secondary N) is 3. The quantitative estimate of drug-likeness (QED) is 0.312. The highest BCUT2D eigenvalue weighted by Crippen LogP contribution is 2.30. The molecular formula is C28H34F3N7O3. The lowest BCUT2D eigenvalue weighted by atomic mass is 9.89. The van der Waals surface area contributed by atoms with Crippen LogP contribution in [0.25, 0.3) is 11.3 Å². The predicted molar refractivity (Wildman–Crippen MR) is 148 cm³/mol. The summed E-state index contributed by atoms with van der Waals surface area (Å²) in [7, 11) is 0. The molecule has 2 fully saturated rings. The molecule has 41 heavy (non-hydrogen) atoms. The minimum Gasteiger partial charge on any atom is -0.450 e. The fourth-order valence-electron chi connectivity index (χ4n) is 5.43. The van der Waals surface area contributed by atoms with Gasteiger partial charge in [0.1, 0.15) is 5.82 Å². The molecule has 1 aliphatic carbocycles. The van der Waals surface area contributed by atoms with E-state index in [-0.39, 0.29) is 24.7 Å². The van der Waals surface area contributed by atoms with Crippen LogP contribution in [0.3, 0.4) is 0 Å². The van der Waals surface area contributed by atoms with Crippen molar-refractivity contribution >= 4 is 23.6 Å². The topological polar surface area (TPSA) is 117 Å². The van der Waals surface area contributed by atoms with E-state index in [4.69, 9.17) is 9.15 Å². The lowest BCUT2D eigenvalue weighted by Gasteiger charge is -2.39. The number of rotatable bonds is 8. The minimum atomic E-state index is -4.50. The summed E-state index contributed by atoms with van der Waals surface area (Å²) >= 11 is 0. The van der Waals surface area contributed by atoms with E-state index in [1.165, 1.54) is 6.20 Å². The van der Waals surface area contributed by atoms with Crippen LogP contribution in [-0.4, -0.2) is 58.9 Å². The van der Waals surface area contributed by atoms with Gasteiger partial charge in [-0.1, -0.05) is 25.0 Å². The third-order valence-electron chi connectivity index (χ3n) is 7.37. The summed E-state index contributed by atoms with van der Waals surface area (Å²) in [4.78, 5) is 25.8. The van der Waals surface area contributed by atoms with E-state index in [9.17, 15) is 18.0 Å². The van der Waals surface area contributed by atoms with Gasteiger partial charge in [0.05, 0.1) is 25.2 Å². The number of benzene rings is 1. The van der Waals surface area contributed by atoms with Gasteiger partial charge in [-0.3, -0.25) is 5.32 Å². The van der Waals surface area contributed by atoms with Gasteiger partial charge in [0.15, 0.2) is 11.5 Å². The first-order valence-corrected chi connectivity index (χ1v) is 14.0. The number of anilines is 3. The van der Waals surface area contributed by atoms with Crippen molar-refractivity contribution < 1.29 is 27.1 Å². The van der Waals surface area contributed by atoms with Crippen LogP contribution in [0.4, 0.5) is 35.5 Å². The van der Waals surface area contributed by atoms with Gasteiger partial charge in [-0.25, -0.2) is 19.7 Å². The fourth-order valence-corrected chi connectivity index (χ4v) is 5.43. The van der Waals surface area contributed by atoms with Gasteiger partial charge < -0.3 is 24.7 Å². The molecule has 1 saturated carbocycles. The number of ether oxygens (including phenoxy) is 1. The molecular weight excluding hydrogens is 539 g/mol. The molecule has 3 unspecified atom stereocenters. The first-order chi connectivity index (χ1) is 19.8. The van der Waals surface area contributed by atoms with Crippen molar-refractivity contribution in [1.29, 1.82) is 0 Å². The fraction of sp³-hybridized carbons (Fsp3) is 0.500. The highest BCUT2D eigenvalue weighted by atomic mass is 19.4. The largest absolute Gasteiger partial charge is 0.450 e. The van der Waals surface area contributed by atoms with Gasteiger partial charge in [-0.15, -0.1) is 0 Å². The molecule has 3 atom stereocenters. The highest BCUT2D eigenvalue weighted by molar-refractivity contribution is 5.85. The monoisotopic (exact) mass is 573 g/mol. The molecule has 3 aromatic rings. The molecule has 5 rings (SSSR count). The molecule has 2 aliphatic rings. The van der Waals surface area contributed by atoms with Gasteiger partial charge in [0, 0.05) is 42.5 Å². The van der Waals surface area contributed by atoms with Gasteiger partial charge >= 0.3 is 12.3 Å². The molecule has 3 N–H and O–H groups in total. The van der Waals surface area contributed by atoms with Crippen molar-refractivity contribution in [3.63, 3.8) is 0 Å². The number of nitrogens with zero attached hydrogens (tertiary/aromatic N) is 4. The number of hydrogen-bond donors (Lipinski definition) is 3. The molecule has 220 valence electrons. The van der Waals surface area contributed by atoms with E-state index in [0.29, 0.717) is 29.8 Å². The number of oxazole rings is 1. The average molecular weight is 574 g/mol. The zero-order valence-corrected chi connectivity index (χ0v) is 22.8. The van der Waals surface area contributed by atoms with Crippen LogP contribution in [0.5, 0.6) is 0 Å². The second-order valence-corrected chi connectivity index (χ2v) is 10.3. The van der Waals surface area contributed by atoms with Crippen molar-refractivity contribution in [3.05, 3.63) is 48.5 Å². The Morgan fingerprint density at radius 2 is 1.90 bits per heavy atom. The molecule has 2 aromatic heterocycles. The first-order valence-electron chi connectivity index (χ1n) is 14.0. The highest BCUT2D eigenvalue weighted by Gasteiger charge is 2.34. The number of hydrogen-bond acceptors (Lipinski definition) is 9. The molecule has 0 spiro atoms. The summed E-state index contributed by atoms with van der Waals surface area (Å²) in [5.74, 6) is 1.03. The number of aromatic nitrogens is 3. The maximum absolute atomic E-state index is 12.9. The van der Waals surface area contributed by atoms with Gasteiger partial charge in [-0.05, 0) is 44.7 Å². The predicted octanol–water partition coefficient (Wildman–Crippen LogP) is 5.70. The van der Waals surface area contributed by atoms with Crippen molar-refractivity contribution in [1.82, 2.24) is 20.3 Å². The number of halogens is 3. The Morgan fingerprint density at radius 3 is 2.66 bits per heavy atom. The zero-order valence-electron chi connectivity index (χ0n) is 22.8. The van der Waals surface area contributed by atoms with E-state index in [2.05, 4.69) is 30.9 Å². The molecule has 1 aliphatic heterocycles. The van der Waals surface area contributed by atoms with E-state index in [0.717, 1.165) is 56.8 Å². The third kappa shape index (κ3) is 7.46. The van der Waals surface area contributed by atoms with Gasteiger partial charge in [-0.2, -0.15) is 13.2 Å². The van der Waals surface area contributed by atoms with Crippen molar-refractivity contribution in [3.8, 4) is 11.3 Å². The SMILES string of the molecule is CCOC(=O)Nc1cccc(-c2cnc(NC3CCCCC3NC3CCCN(c4cnc(C(F)(F)F)cn4)C3)o2)c1. The lowest BCUT2D eigenvalue weighted by Crippen LogP contribution is -2.55. The second-order valence-electron chi connectivity index (χ2n) is 10.3. The standard InChI is InChI=1S/C28H34F3N7O3/c1-2-40-27(39)36-19-8-5-7-18(13-19)23-14-34-26(41-23)37-22-11-4-3-10-21(22)35-20-9-6-12-38(17-20)25-16-32-24(15-33-25)28(29,30)31/h5,7-8,13-16,20-22,35H,2-4,6,9-12,17H2,1H3,(H,34,37)(H,36,39). The van der Waals surface area contributed by atoms with Crippen LogP contribution in [0.15, 0.2) is 47.3 Å². The number of carbonyl (C=O) groups excluding carboxylic acids is 1. The Balaban J connectivity index is 1.20. The summed E-state index contributed by atoms with van der Waals surface area (Å²) in [6, 6.07) is 8.13. The van der Waals surface area contributed by atoms with Gasteiger partial charge in [0.2, 0.25) is 0 Å². The Morgan fingerprint density at radius 1 is 1.07 bits per heavy atom. The van der Waals surface area contributed by atoms with Crippen LogP contribution in [0.2, 0.25) is 0 Å². The molecule has 0 bridgehead atoms. The van der Waals surface area contributed by atoms with E-state index < -0.39 is 18.0 Å². The molecule has 10 nitrogen and oxygen atoms in total. The van der Waals surface area contributed by atoms with Crippen LogP contribution < -0.4 is 20.9 Å². The minimum absolute atomic E-state index is 0.105. The number of piperidine rings is 1. The van der Waals surface area contributed by atoms with Gasteiger partial charge in [0.25, 0.3) is 6.01 Å². The van der Waals surface area contributed by atoms with E-state index in [1.807, 2.05) is 17.0 Å². The lowest BCUT2D eigenvalue weighted by molar-refractivity contribution is -0.141. The van der Waals surface area contributed by atoms with Crippen molar-refractivity contribution in [2.24, 2.45) is 0 Å². The molecule has 0 radical (unpaired) electrons. The van der Waals surface area contributed by atoms with Crippen molar-refractivity contribution in [2.45, 2.75) is 69.8 Å². The summed E-state index contributed by atoms with van der Waals surface area (Å²) in [6.07, 6.45) is 4.63. The molecule has 13 heteroatoms. The third-order valence-corrected chi connectivity index (χ3v) is 7.37. The first kappa shape index (κ1) is 28.7. The maximum Gasteiger partial charge on any atom is 0.434 e. The Hall–Kier alpha value is -3.87. The molecule has 1 saturated heterocycles. The van der Waals surface area contributed by atoms with Crippen LogP contribution >= 0.6 is 0 Å². The normalized spacial score (nSPS) is 21.4. The number of carbonyl (C=O) groups is 1. The maximum atomic E-state index is 12.9. The Labute approximate surface area is 236 Å².